The number of benzene rings is 2. The van der Waals surface area contributed by atoms with E-state index in [1.807, 2.05) is 13.8 Å². The molecule has 4 aliphatic rings. The lowest BCUT2D eigenvalue weighted by atomic mass is 9.43. The molecule has 0 radical (unpaired) electrons. The summed E-state index contributed by atoms with van der Waals surface area (Å²) >= 11 is 0. The molecule has 0 saturated heterocycles. The Balaban J connectivity index is 1.29. The van der Waals surface area contributed by atoms with E-state index in [0.29, 0.717) is 55.3 Å². The maximum absolute atomic E-state index is 13.9. The van der Waals surface area contributed by atoms with Crippen LogP contribution in [0, 0.1) is 60.2 Å². The number of hydrogen-bond donors (Lipinski definition) is 0. The summed E-state index contributed by atoms with van der Waals surface area (Å²) in [5, 5.41) is 0. The molecule has 270 valence electrons. The van der Waals surface area contributed by atoms with E-state index in [4.69, 9.17) is 13.1 Å². The molecule has 2 aromatic rings. The van der Waals surface area contributed by atoms with Crippen LogP contribution in [0.25, 0.3) is 0 Å². The van der Waals surface area contributed by atoms with Crippen LogP contribution in [0.4, 0.5) is 0 Å². The van der Waals surface area contributed by atoms with Gasteiger partial charge in [-0.1, -0.05) is 56.2 Å². The van der Waals surface area contributed by atoms with Gasteiger partial charge in [0.2, 0.25) is 0 Å². The van der Waals surface area contributed by atoms with Crippen molar-refractivity contribution >= 4 is 26.2 Å². The lowest BCUT2D eigenvalue weighted by Crippen LogP contribution is -2.59. The van der Waals surface area contributed by atoms with Gasteiger partial charge in [-0.2, -0.15) is 16.8 Å². The summed E-state index contributed by atoms with van der Waals surface area (Å²) in [4.78, 5) is 12.2. The van der Waals surface area contributed by atoms with E-state index in [9.17, 15) is 21.6 Å². The second kappa shape index (κ2) is 13.7. The Morgan fingerprint density at radius 2 is 1.31 bits per heavy atom. The molecule has 4 saturated carbocycles. The van der Waals surface area contributed by atoms with Crippen LogP contribution >= 0.6 is 0 Å². The molecule has 0 bridgehead atoms. The van der Waals surface area contributed by atoms with Gasteiger partial charge in [0.25, 0.3) is 20.2 Å². The van der Waals surface area contributed by atoms with E-state index in [1.165, 1.54) is 7.11 Å². The number of aryl methyl sites for hydroxylation is 2. The Bertz CT molecular complexity index is 1720. The van der Waals surface area contributed by atoms with Crippen LogP contribution in [0.2, 0.25) is 0 Å². The summed E-state index contributed by atoms with van der Waals surface area (Å²) < 4.78 is 71.7. The molecule has 10 heteroatoms. The van der Waals surface area contributed by atoms with Crippen molar-refractivity contribution in [2.75, 3.05) is 7.11 Å². The van der Waals surface area contributed by atoms with Crippen LogP contribution < -0.4 is 0 Å². The highest BCUT2D eigenvalue weighted by Crippen LogP contribution is 2.69. The van der Waals surface area contributed by atoms with E-state index >= 15 is 0 Å². The zero-order chi connectivity index (χ0) is 35.4. The van der Waals surface area contributed by atoms with Crippen LogP contribution in [0.3, 0.4) is 0 Å². The predicted molar refractivity (Wildman–Crippen MR) is 187 cm³/mol. The van der Waals surface area contributed by atoms with Gasteiger partial charge in [-0.05, 0) is 142 Å². The Hall–Kier alpha value is -2.27. The van der Waals surface area contributed by atoms with E-state index in [1.54, 1.807) is 48.5 Å². The minimum Gasteiger partial charge on any atom is -0.469 e. The molecule has 0 spiro atoms. The topological polar surface area (TPSA) is 113 Å². The van der Waals surface area contributed by atoms with E-state index in [0.717, 1.165) is 49.7 Å². The summed E-state index contributed by atoms with van der Waals surface area (Å²) in [7, 11) is -6.62. The minimum atomic E-state index is -4.07. The van der Waals surface area contributed by atoms with Gasteiger partial charge in [0.05, 0.1) is 29.1 Å². The fourth-order valence-electron chi connectivity index (χ4n) is 10.9. The molecule has 10 atom stereocenters. The number of carbonyl (C=O) groups excluding carboxylic acids is 1. The van der Waals surface area contributed by atoms with Crippen LogP contribution in [-0.4, -0.2) is 42.1 Å². The molecule has 6 rings (SSSR count). The predicted octanol–water partition coefficient (Wildman–Crippen LogP) is 8.01. The Kier molecular flexibility index (Phi) is 10.2. The summed E-state index contributed by atoms with van der Waals surface area (Å²) in [6.45, 7) is 10.8. The Morgan fingerprint density at radius 1 is 0.755 bits per heavy atom. The molecule has 0 amide bonds. The molecule has 0 aromatic heterocycles. The van der Waals surface area contributed by atoms with Gasteiger partial charge in [-0.25, -0.2) is 0 Å². The largest absolute Gasteiger partial charge is 0.469 e. The summed E-state index contributed by atoms with van der Waals surface area (Å²) in [6, 6.07) is 13.4. The molecule has 0 heterocycles. The maximum atomic E-state index is 13.9. The molecule has 8 nitrogen and oxygen atoms in total. The minimum absolute atomic E-state index is 0.0999. The van der Waals surface area contributed by atoms with Gasteiger partial charge in [0.15, 0.2) is 0 Å². The third-order valence-corrected chi connectivity index (χ3v) is 16.3. The third kappa shape index (κ3) is 7.01. The normalized spacial score (nSPS) is 35.1. The number of hydrogen-bond acceptors (Lipinski definition) is 8. The Labute approximate surface area is 293 Å². The van der Waals surface area contributed by atoms with Crippen molar-refractivity contribution in [2.24, 2.45) is 46.3 Å². The number of rotatable bonds is 10. The highest BCUT2D eigenvalue weighted by molar-refractivity contribution is 7.87. The highest BCUT2D eigenvalue weighted by Gasteiger charge is 2.63. The van der Waals surface area contributed by atoms with Gasteiger partial charge in [0, 0.05) is 6.42 Å². The standard InChI is InChI=1S/C39H54O8S2/c1-25-7-12-29(13-8-25)48(41,42)46-28-19-21-39(5)34-20-22-38(4)32(27(3)11-18-37(40)45-6)16-17-33(38)31(34)24-36(35(39)23-28)47-49(43,44)30-14-9-26(2)10-15-30/h7-10,12-15,27-28,31-36H,11,16-24H2,1-6H3/t27-,28-,31+,32-,33-,34-,35+,36+,38-,39-/m1/s1. The number of ether oxygens (including phenoxy) is 1. The van der Waals surface area contributed by atoms with Crippen molar-refractivity contribution in [3.8, 4) is 0 Å². The van der Waals surface area contributed by atoms with Crippen molar-refractivity contribution in [3.63, 3.8) is 0 Å². The van der Waals surface area contributed by atoms with Crippen molar-refractivity contribution in [1.82, 2.24) is 0 Å². The van der Waals surface area contributed by atoms with Crippen LogP contribution in [0.15, 0.2) is 58.3 Å². The zero-order valence-electron chi connectivity index (χ0n) is 29.9. The molecular weight excluding hydrogens is 661 g/mol. The van der Waals surface area contributed by atoms with Gasteiger partial charge in [-0.3, -0.25) is 13.2 Å². The van der Waals surface area contributed by atoms with Crippen LogP contribution in [-0.2, 0) is 38.1 Å². The molecule has 0 unspecified atom stereocenters. The van der Waals surface area contributed by atoms with Crippen molar-refractivity contribution in [1.29, 1.82) is 0 Å². The summed E-state index contributed by atoms with van der Waals surface area (Å²) in [5.41, 5.74) is 1.81. The number of esters is 1. The summed E-state index contributed by atoms with van der Waals surface area (Å²) in [6.07, 6.45) is 6.81. The van der Waals surface area contributed by atoms with E-state index in [-0.39, 0.29) is 32.5 Å². The van der Waals surface area contributed by atoms with Crippen molar-refractivity contribution < 1.29 is 34.7 Å². The summed E-state index contributed by atoms with van der Waals surface area (Å²) in [5.74, 6) is 1.64. The van der Waals surface area contributed by atoms with Crippen molar-refractivity contribution in [3.05, 3.63) is 59.7 Å². The highest BCUT2D eigenvalue weighted by atomic mass is 32.2. The second-order valence-corrected chi connectivity index (χ2v) is 19.4. The molecule has 0 N–H and O–H groups in total. The average Bonchev–Trinajstić information content (AvgIpc) is 3.41. The second-order valence-electron chi connectivity index (χ2n) is 16.2. The monoisotopic (exact) mass is 714 g/mol. The van der Waals surface area contributed by atoms with Gasteiger partial charge < -0.3 is 4.74 Å². The van der Waals surface area contributed by atoms with E-state index < -0.39 is 32.4 Å². The first-order chi connectivity index (χ1) is 23.1. The molecular formula is C39H54O8S2. The van der Waals surface area contributed by atoms with Crippen LogP contribution in [0.1, 0.15) is 96.1 Å². The third-order valence-electron chi connectivity index (χ3n) is 13.5. The molecule has 0 aliphatic heterocycles. The average molecular weight is 715 g/mol. The first-order valence-electron chi connectivity index (χ1n) is 18.1. The fourth-order valence-corrected chi connectivity index (χ4v) is 13.1. The van der Waals surface area contributed by atoms with E-state index in [2.05, 4.69) is 20.8 Å². The maximum Gasteiger partial charge on any atom is 0.305 e. The smallest absolute Gasteiger partial charge is 0.305 e. The van der Waals surface area contributed by atoms with Crippen molar-refractivity contribution in [2.45, 2.75) is 121 Å². The fraction of sp³-hybridized carbons (Fsp3) is 0.667. The first-order valence-corrected chi connectivity index (χ1v) is 21.0. The van der Waals surface area contributed by atoms with Gasteiger partial charge in [0.1, 0.15) is 0 Å². The lowest BCUT2D eigenvalue weighted by molar-refractivity contribution is -0.163. The lowest BCUT2D eigenvalue weighted by Gasteiger charge is -2.62. The van der Waals surface area contributed by atoms with Gasteiger partial charge in [-0.15, -0.1) is 0 Å². The Morgan fingerprint density at radius 3 is 1.90 bits per heavy atom. The van der Waals surface area contributed by atoms with Crippen LogP contribution in [0.5, 0.6) is 0 Å². The SMILES string of the molecule is COC(=O)CC[C@@H](C)[C@H]1CC[C@@H]2[C@@H]3C[C@H](OS(=O)(=O)c4ccc(C)cc4)[C@@H]4C[C@H](OS(=O)(=O)c5ccc(C)cc5)CC[C@]4(C)[C@@H]3CC[C@@]21C. The number of carbonyl (C=O) groups is 1. The molecule has 2 aromatic carbocycles. The molecule has 4 aliphatic carbocycles. The number of methoxy groups -OCH3 is 1. The zero-order valence-corrected chi connectivity index (χ0v) is 31.5. The molecule has 4 fully saturated rings. The van der Waals surface area contributed by atoms with Gasteiger partial charge >= 0.3 is 5.97 Å². The number of fused-ring (bicyclic) bond motifs is 5. The quantitative estimate of drug-likeness (QED) is 0.180. The molecule has 49 heavy (non-hydrogen) atoms. The first kappa shape index (κ1) is 36.5.